The Balaban J connectivity index is 3.35. The van der Waals surface area contributed by atoms with Crippen molar-refractivity contribution in [2.24, 2.45) is 0 Å². The monoisotopic (exact) mass is 337 g/mol. The highest BCUT2D eigenvalue weighted by atomic mass is 17.0. The minimum Gasteiger partial charge on any atom is -0.345 e. The van der Waals surface area contributed by atoms with Gasteiger partial charge >= 0.3 is 0 Å². The molecule has 1 rings (SSSR count). The maximum Gasteiger partial charge on any atom is 0.296 e. The van der Waals surface area contributed by atoms with Crippen LogP contribution < -0.4 is 0 Å². The van der Waals surface area contributed by atoms with E-state index in [1.807, 2.05) is 0 Å². The minimum atomic E-state index is -1.07. The van der Waals surface area contributed by atoms with Crippen LogP contribution in [0.4, 0.5) is 0 Å². The zero-order chi connectivity index (χ0) is 18.4. The van der Waals surface area contributed by atoms with E-state index in [0.29, 0.717) is 12.6 Å². The third-order valence-corrected chi connectivity index (χ3v) is 3.05. The smallest absolute Gasteiger partial charge is 0.296 e. The number of carbonyl (C=O) groups is 4. The predicted molar refractivity (Wildman–Crippen MR) is 80.3 cm³/mol. The summed E-state index contributed by atoms with van der Waals surface area (Å²) >= 11 is 0. The zero-order valence-corrected chi connectivity index (χ0v) is 13.2. The summed E-state index contributed by atoms with van der Waals surface area (Å²) in [5, 5.41) is 9.12. The number of amides is 2. The number of carbonyl (C=O) groups excluding carboxylic acids is 4. The Labute approximate surface area is 136 Å². The van der Waals surface area contributed by atoms with Gasteiger partial charge in [0.05, 0.1) is 11.1 Å². The molecule has 0 aliphatic heterocycles. The van der Waals surface area contributed by atoms with Crippen LogP contribution in [0.2, 0.25) is 0 Å². The number of benzene rings is 1. The van der Waals surface area contributed by atoms with Crippen molar-refractivity contribution in [3.05, 3.63) is 44.5 Å². The Kier molecular flexibility index (Phi) is 6.10. The molecule has 1 aromatic rings. The van der Waals surface area contributed by atoms with Gasteiger partial charge in [0.15, 0.2) is 19.3 Å². The molecule has 0 saturated heterocycles. The van der Waals surface area contributed by atoms with Gasteiger partial charge in [-0.3, -0.25) is 24.0 Å². The molecule has 0 radical (unpaired) electrons. The van der Waals surface area contributed by atoms with E-state index in [2.05, 4.69) is 4.84 Å². The second-order valence-corrected chi connectivity index (χ2v) is 4.95. The number of nitrogens with zero attached hydrogens (tertiary/aromatic N) is 3. The Bertz CT molecular complexity index is 700. The SMILES string of the molecule is CN(C)C(=O)c1cc(C(=O)N(C)CO[N+](=O)[O-])c(C=O)cc1C=O. The van der Waals surface area contributed by atoms with Crippen LogP contribution >= 0.6 is 0 Å². The molecule has 0 fully saturated rings. The first-order chi connectivity index (χ1) is 11.2. The highest BCUT2D eigenvalue weighted by molar-refractivity contribution is 6.08. The van der Waals surface area contributed by atoms with Crippen molar-refractivity contribution in [1.29, 1.82) is 0 Å². The van der Waals surface area contributed by atoms with Gasteiger partial charge in [0.2, 0.25) is 0 Å². The molecular formula is C14H15N3O7. The molecule has 2 amide bonds. The van der Waals surface area contributed by atoms with Crippen molar-refractivity contribution < 1.29 is 29.1 Å². The summed E-state index contributed by atoms with van der Waals surface area (Å²) in [6, 6.07) is 2.23. The van der Waals surface area contributed by atoms with Crippen LogP contribution in [-0.4, -0.2) is 67.1 Å². The molecule has 0 N–H and O–H groups in total. The molecule has 0 saturated carbocycles. The largest absolute Gasteiger partial charge is 0.345 e. The van der Waals surface area contributed by atoms with Crippen LogP contribution in [0.25, 0.3) is 0 Å². The Morgan fingerprint density at radius 1 is 1.08 bits per heavy atom. The fraction of sp³-hybridized carbons (Fsp3) is 0.286. The van der Waals surface area contributed by atoms with Gasteiger partial charge in [0, 0.05) is 32.3 Å². The van der Waals surface area contributed by atoms with Gasteiger partial charge in [-0.1, -0.05) is 0 Å². The van der Waals surface area contributed by atoms with Crippen molar-refractivity contribution in [3.63, 3.8) is 0 Å². The molecule has 0 aromatic heterocycles. The molecule has 0 aliphatic rings. The molecular weight excluding hydrogens is 322 g/mol. The molecule has 0 atom stereocenters. The quantitative estimate of drug-likeness (QED) is 0.302. The van der Waals surface area contributed by atoms with Crippen molar-refractivity contribution >= 4 is 24.4 Å². The number of rotatable bonds is 7. The van der Waals surface area contributed by atoms with Gasteiger partial charge in [0.1, 0.15) is 0 Å². The lowest BCUT2D eigenvalue weighted by Gasteiger charge is -2.18. The third-order valence-electron chi connectivity index (χ3n) is 3.05. The van der Waals surface area contributed by atoms with Crippen molar-refractivity contribution in [3.8, 4) is 0 Å². The van der Waals surface area contributed by atoms with Crippen LogP contribution in [0.3, 0.4) is 0 Å². The molecule has 128 valence electrons. The van der Waals surface area contributed by atoms with E-state index in [9.17, 15) is 29.3 Å². The molecule has 10 nitrogen and oxygen atoms in total. The molecule has 0 bridgehead atoms. The van der Waals surface area contributed by atoms with E-state index in [0.717, 1.165) is 17.0 Å². The summed E-state index contributed by atoms with van der Waals surface area (Å²) in [4.78, 5) is 63.1. The number of hydrogen-bond acceptors (Lipinski definition) is 7. The van der Waals surface area contributed by atoms with Crippen LogP contribution in [0, 0.1) is 10.1 Å². The molecule has 10 heteroatoms. The van der Waals surface area contributed by atoms with Gasteiger partial charge < -0.3 is 9.80 Å². The predicted octanol–water partition coefficient (Wildman–Crippen LogP) is 0.251. The maximum absolute atomic E-state index is 12.3. The Morgan fingerprint density at radius 3 is 2.00 bits per heavy atom. The van der Waals surface area contributed by atoms with E-state index in [1.54, 1.807) is 0 Å². The lowest BCUT2D eigenvalue weighted by molar-refractivity contribution is -0.761. The highest BCUT2D eigenvalue weighted by Crippen LogP contribution is 2.18. The van der Waals surface area contributed by atoms with Crippen LogP contribution in [0.15, 0.2) is 12.1 Å². The third kappa shape index (κ3) is 4.12. The molecule has 24 heavy (non-hydrogen) atoms. The van der Waals surface area contributed by atoms with Gasteiger partial charge in [-0.15, -0.1) is 10.1 Å². The topological polar surface area (TPSA) is 127 Å². The van der Waals surface area contributed by atoms with Gasteiger partial charge in [-0.25, -0.2) is 0 Å². The lowest BCUT2D eigenvalue weighted by atomic mass is 9.98. The molecule has 0 unspecified atom stereocenters. The second-order valence-electron chi connectivity index (χ2n) is 4.95. The lowest BCUT2D eigenvalue weighted by Crippen LogP contribution is -2.32. The first-order valence-electron chi connectivity index (χ1n) is 6.55. The van der Waals surface area contributed by atoms with E-state index in [4.69, 9.17) is 0 Å². The van der Waals surface area contributed by atoms with Crippen molar-refractivity contribution in [2.45, 2.75) is 0 Å². The first kappa shape index (κ1) is 18.7. The van der Waals surface area contributed by atoms with E-state index in [1.165, 1.54) is 26.0 Å². The summed E-state index contributed by atoms with van der Waals surface area (Å²) in [5.74, 6) is -1.31. The van der Waals surface area contributed by atoms with Gasteiger partial charge in [-0.05, 0) is 12.1 Å². The Morgan fingerprint density at radius 2 is 1.58 bits per heavy atom. The summed E-state index contributed by atoms with van der Waals surface area (Å²) in [6.45, 7) is -0.656. The second kappa shape index (κ2) is 7.81. The number of hydrogen-bond donors (Lipinski definition) is 0. The van der Waals surface area contributed by atoms with Crippen molar-refractivity contribution in [1.82, 2.24) is 9.80 Å². The average molecular weight is 337 g/mol. The Hall–Kier alpha value is -3.30. The van der Waals surface area contributed by atoms with Crippen LogP contribution in [0.5, 0.6) is 0 Å². The summed E-state index contributed by atoms with van der Waals surface area (Å²) < 4.78 is 0. The molecule has 0 spiro atoms. The summed E-state index contributed by atoms with van der Waals surface area (Å²) in [7, 11) is 4.15. The van der Waals surface area contributed by atoms with Gasteiger partial charge in [-0.2, -0.15) is 0 Å². The standard InChI is InChI=1S/C14H15N3O7/c1-15(2)13(20)11-5-12(10(7-19)4-9(11)6-18)14(21)16(3)8-24-17(22)23/h4-7H,8H2,1-3H3. The van der Waals surface area contributed by atoms with Crippen LogP contribution in [-0.2, 0) is 4.84 Å². The van der Waals surface area contributed by atoms with E-state index < -0.39 is 23.6 Å². The van der Waals surface area contributed by atoms with Crippen LogP contribution in [0.1, 0.15) is 41.4 Å². The maximum atomic E-state index is 12.3. The fourth-order valence-corrected chi connectivity index (χ4v) is 1.84. The van der Waals surface area contributed by atoms with E-state index in [-0.39, 0.29) is 22.3 Å². The van der Waals surface area contributed by atoms with Gasteiger partial charge in [0.25, 0.3) is 16.9 Å². The molecule has 1 aromatic carbocycles. The molecule has 0 aliphatic carbocycles. The first-order valence-corrected chi connectivity index (χ1v) is 6.55. The van der Waals surface area contributed by atoms with Crippen molar-refractivity contribution in [2.75, 3.05) is 27.9 Å². The van der Waals surface area contributed by atoms with E-state index >= 15 is 0 Å². The summed E-state index contributed by atoms with van der Waals surface area (Å²) in [6.07, 6.45) is 0.754. The summed E-state index contributed by atoms with van der Waals surface area (Å²) in [5.41, 5.74) is -0.398. The number of aldehydes is 2. The average Bonchev–Trinajstić information content (AvgIpc) is 2.56. The normalized spacial score (nSPS) is 9.79. The fourth-order valence-electron chi connectivity index (χ4n) is 1.84. The highest BCUT2D eigenvalue weighted by Gasteiger charge is 2.22. The zero-order valence-electron chi connectivity index (χ0n) is 13.2. The minimum absolute atomic E-state index is 0.0449. The molecule has 0 heterocycles.